The first-order chi connectivity index (χ1) is 35.1. The zero-order valence-corrected chi connectivity index (χ0v) is 41.2. The van der Waals surface area contributed by atoms with Crippen molar-refractivity contribution in [1.82, 2.24) is 39.5 Å². The van der Waals surface area contributed by atoms with Crippen molar-refractivity contribution in [2.45, 2.75) is 90.1 Å². The van der Waals surface area contributed by atoms with E-state index in [0.717, 1.165) is 33.6 Å². The molecule has 14 heteroatoms. The molecule has 0 radical (unpaired) electrons. The first-order valence-electron chi connectivity index (χ1n) is 25.0. The Morgan fingerprint density at radius 2 is 0.958 bits per heavy atom. The molecule has 2 saturated heterocycles. The number of nitrogens with one attached hydrogen (secondary N) is 2. The van der Waals surface area contributed by atoms with Crippen LogP contribution >= 0.6 is 0 Å². The van der Waals surface area contributed by atoms with Crippen molar-refractivity contribution < 1.29 is 19.8 Å². The van der Waals surface area contributed by atoms with Crippen LogP contribution < -0.4 is 21.8 Å². The van der Waals surface area contributed by atoms with Gasteiger partial charge in [0.1, 0.15) is 0 Å². The molecule has 10 atom stereocenters. The van der Waals surface area contributed by atoms with Crippen molar-refractivity contribution in [3.63, 3.8) is 0 Å². The number of carbonyl (C=O) groups excluding carboxylic acids is 2. The SMILES string of the molecule is C/C=C/c1ccc2n(c1=O)C[C@@H]1[C@@H](CO)[C@H](C(=O)N[C@@H](C)c3ccccc3)[C@H]2N1Cc1ccncc1.C/C=C\c1ccc2n(c1=O)C[C@@H]1[C@@H](CO)[C@H](C(=O)N[C@@H](C)c3ccccc3)[C@H]2N1Cc1ccncc1. The van der Waals surface area contributed by atoms with Crippen molar-refractivity contribution in [2.24, 2.45) is 23.7 Å². The van der Waals surface area contributed by atoms with E-state index in [1.165, 1.54) is 0 Å². The largest absolute Gasteiger partial charge is 0.396 e. The molecule has 72 heavy (non-hydrogen) atoms. The summed E-state index contributed by atoms with van der Waals surface area (Å²) >= 11 is 0. The molecule has 10 rings (SSSR count). The minimum atomic E-state index is -0.492. The lowest BCUT2D eigenvalue weighted by molar-refractivity contribution is -0.129. The van der Waals surface area contributed by atoms with Gasteiger partial charge in [-0.2, -0.15) is 0 Å². The number of allylic oxidation sites excluding steroid dienone is 2. The Balaban J connectivity index is 0.000000178. The Hall–Kier alpha value is -7.10. The van der Waals surface area contributed by atoms with E-state index < -0.39 is 11.8 Å². The number of amides is 2. The van der Waals surface area contributed by atoms with Crippen LogP contribution in [0.25, 0.3) is 12.2 Å². The summed E-state index contributed by atoms with van der Waals surface area (Å²) in [6.07, 6.45) is 14.4. The highest BCUT2D eigenvalue weighted by Gasteiger charge is 2.57. The highest BCUT2D eigenvalue weighted by molar-refractivity contribution is 5.82. The van der Waals surface area contributed by atoms with E-state index in [1.807, 2.05) is 170 Å². The summed E-state index contributed by atoms with van der Waals surface area (Å²) in [7, 11) is 0. The maximum absolute atomic E-state index is 13.8. The number of carbonyl (C=O) groups is 2. The van der Waals surface area contributed by atoms with E-state index in [1.54, 1.807) is 24.8 Å². The summed E-state index contributed by atoms with van der Waals surface area (Å²) in [5.41, 5.74) is 6.99. The molecule has 0 saturated carbocycles. The molecule has 372 valence electrons. The molecule has 4 aliphatic heterocycles. The predicted molar refractivity (Wildman–Crippen MR) is 278 cm³/mol. The maximum atomic E-state index is 13.8. The third-order valence-electron chi connectivity index (χ3n) is 15.2. The number of fused-ring (bicyclic) bond motifs is 8. The van der Waals surface area contributed by atoms with Gasteiger partial charge in [0.2, 0.25) is 11.8 Å². The maximum Gasteiger partial charge on any atom is 0.258 e. The molecule has 2 amide bonds. The van der Waals surface area contributed by atoms with Gasteiger partial charge in [-0.25, -0.2) is 0 Å². The van der Waals surface area contributed by atoms with E-state index in [4.69, 9.17) is 0 Å². The third kappa shape index (κ3) is 9.79. The number of aliphatic hydroxyl groups excluding tert-OH is 2. The number of aromatic nitrogens is 4. The molecule has 4 aromatic heterocycles. The Labute approximate surface area is 420 Å². The summed E-state index contributed by atoms with van der Waals surface area (Å²) < 4.78 is 3.62. The van der Waals surface area contributed by atoms with Crippen molar-refractivity contribution in [1.29, 1.82) is 0 Å². The fourth-order valence-corrected chi connectivity index (χ4v) is 11.8. The van der Waals surface area contributed by atoms with Crippen LogP contribution in [0.2, 0.25) is 0 Å². The number of hydrogen-bond acceptors (Lipinski definition) is 10. The smallest absolute Gasteiger partial charge is 0.258 e. The zero-order chi connectivity index (χ0) is 50.5. The quantitative estimate of drug-likeness (QED) is 0.0928. The molecular formula is C58H64N8O6. The molecule has 14 nitrogen and oxygen atoms in total. The van der Waals surface area contributed by atoms with E-state index in [2.05, 4.69) is 30.4 Å². The monoisotopic (exact) mass is 968 g/mol. The Kier molecular flexibility index (Phi) is 15.3. The third-order valence-corrected chi connectivity index (χ3v) is 15.2. The van der Waals surface area contributed by atoms with Gasteiger partial charge in [-0.05, 0) is 98.5 Å². The minimum absolute atomic E-state index is 0.0560. The molecule has 0 unspecified atom stereocenters. The van der Waals surface area contributed by atoms with E-state index >= 15 is 0 Å². The number of hydrogen-bond donors (Lipinski definition) is 4. The van der Waals surface area contributed by atoms with Crippen LogP contribution in [0.3, 0.4) is 0 Å². The molecule has 4 N–H and O–H groups in total. The zero-order valence-electron chi connectivity index (χ0n) is 41.2. The average Bonchev–Trinajstić information content (AvgIpc) is 3.74. The van der Waals surface area contributed by atoms with Gasteiger partial charge in [-0.3, -0.25) is 38.9 Å². The average molecular weight is 969 g/mol. The summed E-state index contributed by atoms with van der Waals surface area (Å²) in [6.45, 7) is 9.55. The summed E-state index contributed by atoms with van der Waals surface area (Å²) in [5.74, 6) is -1.79. The van der Waals surface area contributed by atoms with Gasteiger partial charge in [-0.15, -0.1) is 0 Å². The molecule has 0 aliphatic carbocycles. The van der Waals surface area contributed by atoms with Gasteiger partial charge >= 0.3 is 0 Å². The standard InChI is InChI=1S/2C29H32N4O3/c2*1-3-7-22-10-11-24-27-26(28(35)31-19(2)21-8-5-4-6-9-21)23(18-34)25(17-33(24)29(22)36)32(27)16-20-12-14-30-15-13-20/h2*3-15,19,23,25-27,34H,16-18H2,1-2H3,(H,31,35)/b7-3+;7-3-/t2*19-,23+,25+,26-,27-/m00/s1. The minimum Gasteiger partial charge on any atom is -0.396 e. The fourth-order valence-electron chi connectivity index (χ4n) is 11.8. The second-order valence-electron chi connectivity index (χ2n) is 19.4. The number of rotatable bonds is 14. The number of aliphatic hydroxyl groups is 2. The first-order valence-corrected chi connectivity index (χ1v) is 25.0. The molecule has 6 aromatic rings. The lowest BCUT2D eigenvalue weighted by Gasteiger charge is -2.38. The molecule has 8 heterocycles. The van der Waals surface area contributed by atoms with Crippen molar-refractivity contribution >= 4 is 24.0 Å². The van der Waals surface area contributed by atoms with Crippen LogP contribution in [0.4, 0.5) is 0 Å². The Bertz CT molecular complexity index is 2810. The summed E-state index contributed by atoms with van der Waals surface area (Å²) in [4.78, 5) is 67.2. The summed E-state index contributed by atoms with van der Waals surface area (Å²) in [5, 5.41) is 27.5. The van der Waals surface area contributed by atoms with Crippen LogP contribution in [-0.2, 0) is 35.8 Å². The Morgan fingerprint density at radius 3 is 1.31 bits per heavy atom. The first kappa shape index (κ1) is 49.9. The van der Waals surface area contributed by atoms with Crippen molar-refractivity contribution in [2.75, 3.05) is 13.2 Å². The van der Waals surface area contributed by atoms with Crippen LogP contribution in [0, 0.1) is 23.7 Å². The van der Waals surface area contributed by atoms with Crippen molar-refractivity contribution in [3.8, 4) is 0 Å². The Morgan fingerprint density at radius 1 is 0.583 bits per heavy atom. The highest BCUT2D eigenvalue weighted by atomic mass is 16.3. The van der Waals surface area contributed by atoms with Crippen LogP contribution in [0.1, 0.15) is 96.6 Å². The van der Waals surface area contributed by atoms with Crippen molar-refractivity contribution in [3.05, 3.63) is 212 Å². The van der Waals surface area contributed by atoms with Crippen LogP contribution in [-0.4, -0.2) is 76.2 Å². The van der Waals surface area contributed by atoms with Gasteiger partial charge < -0.3 is 30.0 Å². The highest BCUT2D eigenvalue weighted by Crippen LogP contribution is 2.50. The lowest BCUT2D eigenvalue weighted by Crippen LogP contribution is -2.46. The van der Waals surface area contributed by atoms with E-state index in [0.29, 0.717) is 37.3 Å². The molecule has 4 bridgehead atoms. The molecular weight excluding hydrogens is 905 g/mol. The normalized spacial score (nSPS) is 24.0. The van der Waals surface area contributed by atoms with Crippen LogP contribution in [0.5, 0.6) is 0 Å². The second-order valence-corrected chi connectivity index (χ2v) is 19.4. The number of pyridine rings is 4. The fraction of sp³-hybridized carbons (Fsp3) is 0.345. The number of nitrogens with zero attached hydrogens (tertiary/aromatic N) is 6. The van der Waals surface area contributed by atoms with Gasteiger partial charge in [0.15, 0.2) is 0 Å². The molecule has 2 aromatic carbocycles. The van der Waals surface area contributed by atoms with Crippen LogP contribution in [0.15, 0.2) is 156 Å². The van der Waals surface area contributed by atoms with Gasteiger partial charge in [0, 0.05) is 111 Å². The van der Waals surface area contributed by atoms with E-state index in [9.17, 15) is 29.4 Å². The lowest BCUT2D eigenvalue weighted by atomic mass is 9.86. The second kappa shape index (κ2) is 22.1. The molecule has 4 aliphatic rings. The number of benzene rings is 2. The van der Waals surface area contributed by atoms with Gasteiger partial charge in [0.25, 0.3) is 11.1 Å². The predicted octanol–water partition coefficient (Wildman–Crippen LogP) is 6.64. The van der Waals surface area contributed by atoms with E-state index in [-0.39, 0.29) is 84.2 Å². The topological polar surface area (TPSA) is 175 Å². The molecule has 2 fully saturated rings. The van der Waals surface area contributed by atoms with Gasteiger partial charge in [-0.1, -0.05) is 85.0 Å². The summed E-state index contributed by atoms with van der Waals surface area (Å²) in [6, 6.07) is 33.9. The van der Waals surface area contributed by atoms with Gasteiger partial charge in [0.05, 0.1) is 36.0 Å². The molecule has 0 spiro atoms.